The second kappa shape index (κ2) is 15.0. The topological polar surface area (TPSA) is 225 Å². The molecule has 2 saturated heterocycles. The normalized spacial score (nSPS) is 53.0. The van der Waals surface area contributed by atoms with Gasteiger partial charge in [0.05, 0.1) is 30.8 Å². The summed E-state index contributed by atoms with van der Waals surface area (Å²) in [4.78, 5) is 14.7. The molecule has 326 valence electrons. The Morgan fingerprint density at radius 3 is 1.91 bits per heavy atom. The molecule has 14 nitrogen and oxygen atoms in total. The van der Waals surface area contributed by atoms with Crippen molar-refractivity contribution in [3.8, 4) is 0 Å². The minimum absolute atomic E-state index is 0.0655. The lowest BCUT2D eigenvalue weighted by Gasteiger charge is -2.72. The van der Waals surface area contributed by atoms with E-state index in [2.05, 4.69) is 54.5 Å². The quantitative estimate of drug-likeness (QED) is 0.105. The maximum atomic E-state index is 14.7. The van der Waals surface area contributed by atoms with E-state index in [4.69, 9.17) is 23.7 Å². The molecule has 7 rings (SSSR count). The third kappa shape index (κ3) is 6.52. The molecule has 0 aromatic rings. The summed E-state index contributed by atoms with van der Waals surface area (Å²) in [5.74, 6) is -0.378. The zero-order valence-corrected chi connectivity index (χ0v) is 35.0. The Morgan fingerprint density at radius 1 is 0.737 bits per heavy atom. The van der Waals surface area contributed by atoms with Gasteiger partial charge in [0.1, 0.15) is 48.8 Å². The number of hydrogen-bond acceptors (Lipinski definition) is 14. The van der Waals surface area contributed by atoms with E-state index in [1.165, 1.54) is 5.57 Å². The lowest BCUT2D eigenvalue weighted by atomic mass is 9.33. The summed E-state index contributed by atoms with van der Waals surface area (Å²) in [5, 5.41) is 83.0. The van der Waals surface area contributed by atoms with E-state index >= 15 is 0 Å². The van der Waals surface area contributed by atoms with Crippen LogP contribution in [0.5, 0.6) is 0 Å². The SMILES string of the molecule is CO[C@@H]1C=C2[C@@H]3CC(C)(C)CC[C@]3(C(=O)O[C@@H]3O[C@H](CO)[C@@H](O)[C@H](O)[C@H]3O)CC[C@@]2(C)[C@]2(C)CC[C@H]3C(C)(C)[C@@H](O[C@@H]4O[C@H](CO)[C@@H](O)[C@H](O)[C@H]4O)CC[C@]3(C)[C@@H]12. The molecule has 0 aromatic carbocycles. The molecular formula is C43H70O14. The molecule has 4 saturated carbocycles. The molecule has 6 fully saturated rings. The molecular weight excluding hydrogens is 740 g/mol. The van der Waals surface area contributed by atoms with Crippen molar-refractivity contribution < 1.29 is 69.3 Å². The van der Waals surface area contributed by atoms with Gasteiger partial charge in [0.25, 0.3) is 0 Å². The number of aliphatic hydroxyl groups is 8. The van der Waals surface area contributed by atoms with Crippen LogP contribution in [0.1, 0.15) is 106 Å². The highest BCUT2D eigenvalue weighted by Crippen LogP contribution is 2.76. The summed E-state index contributed by atoms with van der Waals surface area (Å²) in [6.45, 7) is 15.0. The minimum atomic E-state index is -1.68. The number of rotatable bonds is 7. The molecule has 19 atom stereocenters. The van der Waals surface area contributed by atoms with Gasteiger partial charge in [0.15, 0.2) is 6.29 Å². The number of carbonyl (C=O) groups excluding carboxylic acids is 1. The highest BCUT2D eigenvalue weighted by Gasteiger charge is 2.72. The highest BCUT2D eigenvalue weighted by atomic mass is 16.7. The van der Waals surface area contributed by atoms with E-state index in [1.807, 2.05) is 0 Å². The summed E-state index contributed by atoms with van der Waals surface area (Å²) in [7, 11) is 1.77. The first kappa shape index (κ1) is 43.8. The first-order valence-corrected chi connectivity index (χ1v) is 21.3. The molecule has 0 radical (unpaired) electrons. The van der Waals surface area contributed by atoms with Crippen molar-refractivity contribution in [2.24, 2.45) is 50.2 Å². The van der Waals surface area contributed by atoms with Crippen molar-refractivity contribution in [3.05, 3.63) is 11.6 Å². The predicted molar refractivity (Wildman–Crippen MR) is 204 cm³/mol. The van der Waals surface area contributed by atoms with E-state index < -0.39 is 86.0 Å². The van der Waals surface area contributed by atoms with E-state index in [9.17, 15) is 45.6 Å². The molecule has 57 heavy (non-hydrogen) atoms. The standard InChI is InChI=1S/C43H70O14/c1-38(2)13-15-43(37(52)57-36-33(51)31(49)29(47)25(20-45)55-36)16-14-41(6)21(22(43)18-38)17-23(53-8)34-40(5)11-10-27(39(3,4)26(40)9-12-42(34,41)7)56-35-32(50)30(48)28(46)24(19-44)54-35/h17,22-36,44-51H,9-16,18-20H2,1-8H3/t22-,23+,24+,25+,26-,27-,28+,29+,30-,31-,32+,33+,34+,35-,36-,40-,41+,42+,43-/m0/s1. The number of ether oxygens (including phenoxy) is 5. The maximum absolute atomic E-state index is 14.7. The smallest absolute Gasteiger partial charge is 0.315 e. The Morgan fingerprint density at radius 2 is 1.32 bits per heavy atom. The van der Waals surface area contributed by atoms with Crippen molar-refractivity contribution in [2.45, 2.75) is 180 Å². The molecule has 0 spiro atoms. The van der Waals surface area contributed by atoms with Crippen molar-refractivity contribution in [2.75, 3.05) is 20.3 Å². The van der Waals surface area contributed by atoms with Crippen LogP contribution in [0.3, 0.4) is 0 Å². The molecule has 0 bridgehead atoms. The molecule has 14 heteroatoms. The molecule has 0 amide bonds. The van der Waals surface area contributed by atoms with Crippen LogP contribution in [0.25, 0.3) is 0 Å². The number of carbonyl (C=O) groups is 1. The lowest BCUT2D eigenvalue weighted by Crippen LogP contribution is -2.68. The number of aliphatic hydroxyl groups excluding tert-OH is 8. The van der Waals surface area contributed by atoms with Crippen LogP contribution < -0.4 is 0 Å². The number of esters is 1. The molecule has 0 aromatic heterocycles. The van der Waals surface area contributed by atoms with Crippen molar-refractivity contribution in [1.82, 2.24) is 0 Å². The van der Waals surface area contributed by atoms with Gasteiger partial charge in [-0.25, -0.2) is 0 Å². The average molecular weight is 811 g/mol. The van der Waals surface area contributed by atoms with Gasteiger partial charge in [-0.2, -0.15) is 0 Å². The van der Waals surface area contributed by atoms with Gasteiger partial charge in [-0.3, -0.25) is 4.79 Å². The zero-order valence-electron chi connectivity index (χ0n) is 35.0. The second-order valence-electron chi connectivity index (χ2n) is 21.0. The Kier molecular flexibility index (Phi) is 11.5. The summed E-state index contributed by atoms with van der Waals surface area (Å²) in [6, 6.07) is 0. The maximum Gasteiger partial charge on any atom is 0.315 e. The number of allylic oxidation sites excluding steroid dienone is 1. The van der Waals surface area contributed by atoms with Crippen LogP contribution in [0, 0.1) is 50.2 Å². The second-order valence-corrected chi connectivity index (χ2v) is 21.0. The summed E-state index contributed by atoms with van der Waals surface area (Å²) >= 11 is 0. The van der Waals surface area contributed by atoms with Gasteiger partial charge in [0, 0.05) is 13.0 Å². The van der Waals surface area contributed by atoms with E-state index in [0.717, 1.165) is 38.5 Å². The predicted octanol–water partition coefficient (Wildman–Crippen LogP) is 1.94. The average Bonchev–Trinajstić information content (AvgIpc) is 3.15. The molecule has 7 aliphatic rings. The number of methoxy groups -OCH3 is 1. The zero-order chi connectivity index (χ0) is 41.8. The number of hydrogen-bond donors (Lipinski definition) is 8. The van der Waals surface area contributed by atoms with Gasteiger partial charge in [-0.15, -0.1) is 0 Å². The van der Waals surface area contributed by atoms with Crippen LogP contribution >= 0.6 is 0 Å². The van der Waals surface area contributed by atoms with Gasteiger partial charge >= 0.3 is 5.97 Å². The van der Waals surface area contributed by atoms with E-state index in [-0.39, 0.29) is 57.0 Å². The summed E-state index contributed by atoms with van der Waals surface area (Å²) < 4.78 is 30.5. The molecule has 0 unspecified atom stereocenters. The highest BCUT2D eigenvalue weighted by molar-refractivity contribution is 5.79. The van der Waals surface area contributed by atoms with Gasteiger partial charge in [-0.05, 0) is 96.7 Å². The van der Waals surface area contributed by atoms with Crippen LogP contribution in [-0.4, -0.2) is 141 Å². The largest absolute Gasteiger partial charge is 0.432 e. The molecule has 2 aliphatic heterocycles. The minimum Gasteiger partial charge on any atom is -0.432 e. The van der Waals surface area contributed by atoms with Gasteiger partial charge < -0.3 is 64.5 Å². The molecule has 8 N–H and O–H groups in total. The first-order chi connectivity index (χ1) is 26.6. The Bertz CT molecular complexity index is 1530. The van der Waals surface area contributed by atoms with Crippen LogP contribution in [0.2, 0.25) is 0 Å². The summed E-state index contributed by atoms with van der Waals surface area (Å²) in [6.07, 6.45) is -5.88. The summed E-state index contributed by atoms with van der Waals surface area (Å²) in [5.41, 5.74) is -0.856. The number of fused-ring (bicyclic) bond motifs is 7. The Balaban J connectivity index is 1.20. The van der Waals surface area contributed by atoms with Gasteiger partial charge in [-0.1, -0.05) is 60.1 Å². The van der Waals surface area contributed by atoms with Gasteiger partial charge in [0.2, 0.25) is 6.29 Å². The van der Waals surface area contributed by atoms with Crippen molar-refractivity contribution >= 4 is 5.97 Å². The van der Waals surface area contributed by atoms with Crippen LogP contribution in [-0.2, 0) is 28.5 Å². The Hall–Kier alpha value is -1.27. The van der Waals surface area contributed by atoms with Crippen molar-refractivity contribution in [3.63, 3.8) is 0 Å². The fourth-order valence-corrected chi connectivity index (χ4v) is 13.8. The lowest BCUT2D eigenvalue weighted by molar-refractivity contribution is -0.331. The molecule has 2 heterocycles. The third-order valence-corrected chi connectivity index (χ3v) is 17.4. The van der Waals surface area contributed by atoms with Crippen LogP contribution in [0.4, 0.5) is 0 Å². The monoisotopic (exact) mass is 810 g/mol. The van der Waals surface area contributed by atoms with Crippen molar-refractivity contribution in [1.29, 1.82) is 0 Å². The molecule has 5 aliphatic carbocycles. The fourth-order valence-electron chi connectivity index (χ4n) is 13.8. The van der Waals surface area contributed by atoms with E-state index in [1.54, 1.807) is 7.11 Å². The third-order valence-electron chi connectivity index (χ3n) is 17.4. The van der Waals surface area contributed by atoms with E-state index in [0.29, 0.717) is 19.3 Å². The van der Waals surface area contributed by atoms with Crippen LogP contribution in [0.15, 0.2) is 11.6 Å². The fraction of sp³-hybridized carbons (Fsp3) is 0.930. The first-order valence-electron chi connectivity index (χ1n) is 21.3. The Labute approximate surface area is 336 Å².